The van der Waals surface area contributed by atoms with Gasteiger partial charge in [-0.2, -0.15) is 0 Å². The second-order valence-corrected chi connectivity index (χ2v) is 5.26. The van der Waals surface area contributed by atoms with Gasteiger partial charge in [-0.1, -0.05) is 6.92 Å². The van der Waals surface area contributed by atoms with Gasteiger partial charge in [0, 0.05) is 11.6 Å². The number of hydrogen-bond donors (Lipinski definition) is 1. The van der Waals surface area contributed by atoms with E-state index in [0.717, 1.165) is 6.29 Å². The minimum absolute atomic E-state index is 0.298. The van der Waals surface area contributed by atoms with Gasteiger partial charge in [0.25, 0.3) is 5.91 Å². The number of rotatable bonds is 8. The highest BCUT2D eigenvalue weighted by molar-refractivity contribution is 5.95. The Bertz CT molecular complexity index is 727. The highest BCUT2D eigenvalue weighted by atomic mass is 16.5. The van der Waals surface area contributed by atoms with Crippen molar-refractivity contribution >= 4 is 17.9 Å². The molecule has 2 rings (SSSR count). The molecule has 0 aliphatic heterocycles. The van der Waals surface area contributed by atoms with E-state index in [9.17, 15) is 9.59 Å². The highest BCUT2D eigenvalue weighted by Gasteiger charge is 2.20. The third-order valence-corrected chi connectivity index (χ3v) is 3.62. The first-order chi connectivity index (χ1) is 12.1. The first-order valence-corrected chi connectivity index (χ1v) is 7.86. The zero-order chi connectivity index (χ0) is 18.2. The lowest BCUT2D eigenvalue weighted by Gasteiger charge is -2.18. The van der Waals surface area contributed by atoms with Crippen LogP contribution in [0.1, 0.15) is 23.7 Å². The van der Waals surface area contributed by atoms with E-state index in [4.69, 9.17) is 14.2 Å². The van der Waals surface area contributed by atoms with Crippen LogP contribution in [0.4, 0.5) is 5.69 Å². The van der Waals surface area contributed by atoms with Gasteiger partial charge in [0.05, 0.1) is 19.9 Å². The second-order valence-electron chi connectivity index (χ2n) is 5.26. The van der Waals surface area contributed by atoms with Crippen LogP contribution in [0.15, 0.2) is 42.5 Å². The lowest BCUT2D eigenvalue weighted by Crippen LogP contribution is -2.32. The molecule has 0 saturated carbocycles. The fourth-order valence-corrected chi connectivity index (χ4v) is 2.24. The summed E-state index contributed by atoms with van der Waals surface area (Å²) in [7, 11) is 3.08. The molecule has 1 unspecified atom stereocenters. The van der Waals surface area contributed by atoms with Crippen LogP contribution < -0.4 is 19.5 Å². The predicted octanol–water partition coefficient (Wildman–Crippen LogP) is 3.31. The van der Waals surface area contributed by atoms with Gasteiger partial charge < -0.3 is 19.5 Å². The highest BCUT2D eigenvalue weighted by Crippen LogP contribution is 2.29. The number of hydrogen-bond acceptors (Lipinski definition) is 5. The van der Waals surface area contributed by atoms with E-state index < -0.39 is 6.10 Å². The summed E-state index contributed by atoms with van der Waals surface area (Å²) in [4.78, 5) is 23.2. The molecule has 0 bridgehead atoms. The third kappa shape index (κ3) is 4.73. The smallest absolute Gasteiger partial charge is 0.265 e. The van der Waals surface area contributed by atoms with Gasteiger partial charge in [0.1, 0.15) is 23.5 Å². The maximum Gasteiger partial charge on any atom is 0.265 e. The predicted molar refractivity (Wildman–Crippen MR) is 94.7 cm³/mol. The van der Waals surface area contributed by atoms with Crippen LogP contribution in [-0.2, 0) is 4.79 Å². The van der Waals surface area contributed by atoms with Gasteiger partial charge in [-0.3, -0.25) is 9.59 Å². The molecule has 0 aromatic heterocycles. The van der Waals surface area contributed by atoms with E-state index in [1.807, 2.05) is 6.92 Å². The van der Waals surface area contributed by atoms with Crippen LogP contribution in [0, 0.1) is 0 Å². The zero-order valence-electron chi connectivity index (χ0n) is 14.4. The maximum absolute atomic E-state index is 12.6. The molecule has 0 saturated heterocycles. The van der Waals surface area contributed by atoms with E-state index in [1.54, 1.807) is 49.6 Å². The molecule has 1 N–H and O–H groups in total. The van der Waals surface area contributed by atoms with Crippen molar-refractivity contribution in [3.63, 3.8) is 0 Å². The van der Waals surface area contributed by atoms with Crippen LogP contribution in [-0.4, -0.2) is 32.5 Å². The number of aldehydes is 1. The summed E-state index contributed by atoms with van der Waals surface area (Å²) in [6, 6.07) is 11.7. The first-order valence-electron chi connectivity index (χ1n) is 7.86. The summed E-state index contributed by atoms with van der Waals surface area (Å²) < 4.78 is 16.2. The molecular weight excluding hydrogens is 322 g/mol. The third-order valence-electron chi connectivity index (χ3n) is 3.62. The van der Waals surface area contributed by atoms with Gasteiger partial charge in [0.15, 0.2) is 6.10 Å². The van der Waals surface area contributed by atoms with Crippen molar-refractivity contribution in [3.05, 3.63) is 48.0 Å². The van der Waals surface area contributed by atoms with Gasteiger partial charge >= 0.3 is 0 Å². The fourth-order valence-electron chi connectivity index (χ4n) is 2.24. The Balaban J connectivity index is 2.12. The van der Waals surface area contributed by atoms with Crippen LogP contribution >= 0.6 is 0 Å². The van der Waals surface area contributed by atoms with E-state index in [2.05, 4.69) is 5.32 Å². The van der Waals surface area contributed by atoms with Crippen molar-refractivity contribution in [3.8, 4) is 17.2 Å². The van der Waals surface area contributed by atoms with E-state index >= 15 is 0 Å². The molecule has 1 atom stereocenters. The maximum atomic E-state index is 12.6. The number of benzene rings is 2. The monoisotopic (exact) mass is 343 g/mol. The van der Waals surface area contributed by atoms with Crippen LogP contribution in [0.3, 0.4) is 0 Å². The summed E-state index contributed by atoms with van der Waals surface area (Å²) >= 11 is 0. The number of anilines is 1. The second kappa shape index (κ2) is 8.73. The summed E-state index contributed by atoms with van der Waals surface area (Å²) in [5, 5.41) is 2.80. The number of carbonyl (C=O) groups excluding carboxylic acids is 2. The molecule has 132 valence electrons. The van der Waals surface area contributed by atoms with Gasteiger partial charge in [-0.05, 0) is 42.8 Å². The van der Waals surface area contributed by atoms with Crippen LogP contribution in [0.25, 0.3) is 0 Å². The molecule has 1 amide bonds. The van der Waals surface area contributed by atoms with Crippen molar-refractivity contribution < 1.29 is 23.8 Å². The average molecular weight is 343 g/mol. The molecule has 0 aliphatic rings. The molecule has 2 aromatic rings. The standard InChI is InChI=1S/C19H21NO5/c1-4-17(25-14-7-5-13(12-21)6-8-14)19(22)20-16-11-15(23-2)9-10-18(16)24-3/h5-12,17H,4H2,1-3H3,(H,20,22). The molecule has 2 aromatic carbocycles. The SMILES string of the molecule is CCC(Oc1ccc(C=O)cc1)C(=O)Nc1cc(OC)ccc1OC. The van der Waals surface area contributed by atoms with Gasteiger partial charge in [-0.15, -0.1) is 0 Å². The van der Waals surface area contributed by atoms with Gasteiger partial charge in [-0.25, -0.2) is 0 Å². The molecule has 0 radical (unpaired) electrons. The normalized spacial score (nSPS) is 11.3. The Morgan fingerprint density at radius 3 is 2.32 bits per heavy atom. The minimum Gasteiger partial charge on any atom is -0.497 e. The summed E-state index contributed by atoms with van der Waals surface area (Å²) in [6.45, 7) is 1.85. The van der Waals surface area contributed by atoms with Crippen molar-refractivity contribution in [2.24, 2.45) is 0 Å². The molecule has 6 heteroatoms. The number of ether oxygens (including phenoxy) is 3. The summed E-state index contributed by atoms with van der Waals surface area (Å²) in [5.41, 5.74) is 1.05. The molecule has 0 spiro atoms. The number of amides is 1. The minimum atomic E-state index is -0.682. The summed E-state index contributed by atoms with van der Waals surface area (Å²) in [5.74, 6) is 1.35. The lowest BCUT2D eigenvalue weighted by molar-refractivity contribution is -0.122. The van der Waals surface area contributed by atoms with E-state index in [-0.39, 0.29) is 5.91 Å². The number of nitrogens with one attached hydrogen (secondary N) is 1. The Kier molecular flexibility index (Phi) is 6.39. The molecule has 6 nitrogen and oxygen atoms in total. The topological polar surface area (TPSA) is 73.9 Å². The Labute approximate surface area is 146 Å². The zero-order valence-corrected chi connectivity index (χ0v) is 14.4. The van der Waals surface area contributed by atoms with Crippen molar-refractivity contribution in [2.45, 2.75) is 19.4 Å². The quantitative estimate of drug-likeness (QED) is 0.744. The Hall–Kier alpha value is -3.02. The van der Waals surface area contributed by atoms with E-state index in [1.165, 1.54) is 7.11 Å². The van der Waals surface area contributed by atoms with Crippen molar-refractivity contribution in [1.29, 1.82) is 0 Å². The number of methoxy groups -OCH3 is 2. The number of carbonyl (C=O) groups is 2. The average Bonchev–Trinajstić information content (AvgIpc) is 2.66. The van der Waals surface area contributed by atoms with E-state index in [0.29, 0.717) is 34.9 Å². The molecule has 0 aliphatic carbocycles. The van der Waals surface area contributed by atoms with Crippen molar-refractivity contribution in [1.82, 2.24) is 0 Å². The molecular formula is C19H21NO5. The van der Waals surface area contributed by atoms with Crippen LogP contribution in [0.5, 0.6) is 17.2 Å². The van der Waals surface area contributed by atoms with Crippen molar-refractivity contribution in [2.75, 3.05) is 19.5 Å². The van der Waals surface area contributed by atoms with Crippen LogP contribution in [0.2, 0.25) is 0 Å². The Morgan fingerprint density at radius 1 is 1.08 bits per heavy atom. The first kappa shape index (κ1) is 18.3. The summed E-state index contributed by atoms with van der Waals surface area (Å²) in [6.07, 6.45) is 0.550. The fraction of sp³-hybridized carbons (Fsp3) is 0.263. The largest absolute Gasteiger partial charge is 0.497 e. The lowest BCUT2D eigenvalue weighted by atomic mass is 10.2. The molecule has 0 heterocycles. The Morgan fingerprint density at radius 2 is 1.76 bits per heavy atom. The van der Waals surface area contributed by atoms with Gasteiger partial charge in [0.2, 0.25) is 0 Å². The molecule has 25 heavy (non-hydrogen) atoms. The molecule has 0 fully saturated rings.